The molecule has 2 N–H and O–H groups in total. The maximum absolute atomic E-state index is 14.3. The number of nitrogens with zero attached hydrogens (tertiary/aromatic N) is 5. The standard InChI is InChI=1S/C40H30F5N7O7/c41-30-31(42)33(44)36(34(45)32(30)43)59-29(54)17-51(15-14-46-39(55)58-19-27-25-12-6-4-10-23(25)24-11-5-7-13-26(24)27)28(53)16-52-21-49-35-37(47-20-48-38(35)52)50-40(56)57-18-22-8-2-1-3-9-22/h1-13,20-21,27H,14-19H2,(H,46,55)(H,47,48,50,56). The Morgan fingerprint density at radius 1 is 0.729 bits per heavy atom. The van der Waals surface area contributed by atoms with Crippen molar-refractivity contribution in [1.29, 1.82) is 0 Å². The van der Waals surface area contributed by atoms with Gasteiger partial charge in [0.2, 0.25) is 40.7 Å². The summed E-state index contributed by atoms with van der Waals surface area (Å²) in [6, 6.07) is 24.2. The Balaban J connectivity index is 1.03. The highest BCUT2D eigenvalue weighted by atomic mass is 19.2. The smallest absolute Gasteiger partial charge is 0.413 e. The second-order valence-electron chi connectivity index (χ2n) is 12.9. The Kier molecular flexibility index (Phi) is 11.7. The largest absolute Gasteiger partial charge is 0.449 e. The average molecular weight is 816 g/mol. The summed E-state index contributed by atoms with van der Waals surface area (Å²) in [6.45, 7) is -2.50. The number of esters is 1. The van der Waals surface area contributed by atoms with E-state index in [0.29, 0.717) is 0 Å². The van der Waals surface area contributed by atoms with Gasteiger partial charge in [0.25, 0.3) is 0 Å². The third-order valence-electron chi connectivity index (χ3n) is 9.19. The van der Waals surface area contributed by atoms with Crippen molar-refractivity contribution in [3.05, 3.63) is 137 Å². The number of carbonyl (C=O) groups is 4. The molecule has 0 atom stereocenters. The fraction of sp³-hybridized carbons (Fsp3) is 0.175. The van der Waals surface area contributed by atoms with Crippen molar-refractivity contribution in [2.45, 2.75) is 19.1 Å². The van der Waals surface area contributed by atoms with Gasteiger partial charge < -0.3 is 29.0 Å². The zero-order valence-electron chi connectivity index (χ0n) is 30.5. The minimum absolute atomic E-state index is 0.0338. The van der Waals surface area contributed by atoms with Crippen LogP contribution in [0.4, 0.5) is 37.4 Å². The van der Waals surface area contributed by atoms with Crippen molar-refractivity contribution in [3.63, 3.8) is 0 Å². The Morgan fingerprint density at radius 2 is 1.36 bits per heavy atom. The van der Waals surface area contributed by atoms with Crippen molar-refractivity contribution >= 4 is 41.0 Å². The summed E-state index contributed by atoms with van der Waals surface area (Å²) in [4.78, 5) is 65.1. The van der Waals surface area contributed by atoms with Crippen molar-refractivity contribution in [3.8, 4) is 16.9 Å². The van der Waals surface area contributed by atoms with Crippen LogP contribution >= 0.6 is 0 Å². The van der Waals surface area contributed by atoms with Crippen molar-refractivity contribution in [2.24, 2.45) is 0 Å². The first-order chi connectivity index (χ1) is 28.5. The molecule has 0 aliphatic heterocycles. The number of halogens is 5. The predicted octanol–water partition coefficient (Wildman–Crippen LogP) is 6.24. The van der Waals surface area contributed by atoms with E-state index in [0.717, 1.165) is 39.0 Å². The molecule has 2 heterocycles. The van der Waals surface area contributed by atoms with Crippen molar-refractivity contribution in [2.75, 3.05) is 31.6 Å². The van der Waals surface area contributed by atoms with Crippen LogP contribution < -0.4 is 15.4 Å². The van der Waals surface area contributed by atoms with E-state index in [1.807, 2.05) is 48.5 Å². The highest BCUT2D eigenvalue weighted by molar-refractivity contribution is 5.94. The van der Waals surface area contributed by atoms with Gasteiger partial charge in [-0.1, -0.05) is 78.9 Å². The lowest BCUT2D eigenvalue weighted by Crippen LogP contribution is -2.43. The monoisotopic (exact) mass is 815 g/mol. The molecule has 6 aromatic rings. The lowest BCUT2D eigenvalue weighted by molar-refractivity contribution is -0.143. The number of ether oxygens (including phenoxy) is 3. The van der Waals surface area contributed by atoms with E-state index in [1.165, 1.54) is 10.9 Å². The molecule has 1 aliphatic rings. The number of hydrogen-bond donors (Lipinski definition) is 2. The number of fused-ring (bicyclic) bond motifs is 4. The Labute approximate surface area is 330 Å². The summed E-state index contributed by atoms with van der Waals surface area (Å²) < 4.78 is 86.4. The third-order valence-corrected chi connectivity index (χ3v) is 9.19. The van der Waals surface area contributed by atoms with E-state index in [2.05, 4.69) is 30.3 Å². The SMILES string of the molecule is O=C(CN(CCNC(=O)OCC1c2ccccc2-c2ccccc21)C(=O)Cn1cnc2c(NC(=O)OCc3ccccc3)ncnc21)Oc1c(F)c(F)c(F)c(F)c1F. The molecule has 59 heavy (non-hydrogen) atoms. The second kappa shape index (κ2) is 17.4. The van der Waals surface area contributed by atoms with E-state index in [1.54, 1.807) is 30.3 Å². The van der Waals surface area contributed by atoms with Gasteiger partial charge in [-0.2, -0.15) is 8.78 Å². The molecule has 14 nitrogen and oxygen atoms in total. The van der Waals surface area contributed by atoms with Crippen LogP contribution in [0.1, 0.15) is 22.6 Å². The maximum atomic E-state index is 14.3. The normalized spacial score (nSPS) is 11.7. The Bertz CT molecular complexity index is 2500. The van der Waals surface area contributed by atoms with Gasteiger partial charge in [-0.05, 0) is 27.8 Å². The van der Waals surface area contributed by atoms with Gasteiger partial charge in [0.1, 0.15) is 32.6 Å². The number of aromatic nitrogens is 4. The van der Waals surface area contributed by atoms with Gasteiger partial charge >= 0.3 is 18.2 Å². The molecule has 0 bridgehead atoms. The minimum atomic E-state index is -2.46. The van der Waals surface area contributed by atoms with Gasteiger partial charge in [0.15, 0.2) is 17.0 Å². The van der Waals surface area contributed by atoms with E-state index < -0.39 is 78.5 Å². The molecular weight excluding hydrogens is 785 g/mol. The molecule has 0 unspecified atom stereocenters. The number of amides is 3. The zero-order valence-corrected chi connectivity index (χ0v) is 30.5. The molecule has 4 aromatic carbocycles. The number of imidazole rings is 1. The quantitative estimate of drug-likeness (QED) is 0.0448. The fourth-order valence-corrected chi connectivity index (χ4v) is 6.40. The molecule has 1 aliphatic carbocycles. The van der Waals surface area contributed by atoms with E-state index >= 15 is 0 Å². The number of rotatable bonds is 13. The molecule has 0 radical (unpaired) electrons. The molecule has 2 aromatic heterocycles. The number of carbonyl (C=O) groups excluding carboxylic acids is 4. The van der Waals surface area contributed by atoms with E-state index in [-0.39, 0.29) is 42.7 Å². The average Bonchev–Trinajstić information content (AvgIpc) is 3.81. The first-order valence-corrected chi connectivity index (χ1v) is 17.7. The van der Waals surface area contributed by atoms with Crippen molar-refractivity contribution in [1.82, 2.24) is 29.7 Å². The van der Waals surface area contributed by atoms with Crippen LogP contribution in [-0.2, 0) is 32.2 Å². The minimum Gasteiger partial charge on any atom is -0.449 e. The highest BCUT2D eigenvalue weighted by Gasteiger charge is 2.31. The van der Waals surface area contributed by atoms with Crippen LogP contribution in [0.15, 0.2) is 91.5 Å². The summed E-state index contributed by atoms with van der Waals surface area (Å²) in [6.07, 6.45) is 0.525. The van der Waals surface area contributed by atoms with Gasteiger partial charge in [-0.3, -0.25) is 10.1 Å². The first-order valence-electron chi connectivity index (χ1n) is 17.7. The molecule has 7 rings (SSSR count). The molecule has 0 spiro atoms. The molecule has 19 heteroatoms. The van der Waals surface area contributed by atoms with Crippen LogP contribution in [0.25, 0.3) is 22.3 Å². The maximum Gasteiger partial charge on any atom is 0.413 e. The number of hydrogen-bond acceptors (Lipinski definition) is 10. The Hall–Kier alpha value is -7.44. The molecular formula is C40H30F5N7O7. The molecule has 302 valence electrons. The summed E-state index contributed by atoms with van der Waals surface area (Å²) in [5.41, 5.74) is 4.78. The summed E-state index contributed by atoms with van der Waals surface area (Å²) in [7, 11) is 0. The summed E-state index contributed by atoms with van der Waals surface area (Å²) in [5.74, 6) is -16.6. The fourth-order valence-electron chi connectivity index (χ4n) is 6.40. The second-order valence-corrected chi connectivity index (χ2v) is 12.9. The van der Waals surface area contributed by atoms with Gasteiger partial charge in [0, 0.05) is 19.0 Å². The van der Waals surface area contributed by atoms with Crippen LogP contribution in [0.2, 0.25) is 0 Å². The van der Waals surface area contributed by atoms with Gasteiger partial charge in [-0.15, -0.1) is 0 Å². The number of benzene rings is 4. The summed E-state index contributed by atoms with van der Waals surface area (Å²) in [5, 5.41) is 4.93. The lowest BCUT2D eigenvalue weighted by Gasteiger charge is -2.22. The van der Waals surface area contributed by atoms with E-state index in [9.17, 15) is 41.1 Å². The molecule has 0 saturated carbocycles. The van der Waals surface area contributed by atoms with Crippen molar-refractivity contribution < 1.29 is 55.3 Å². The number of nitrogens with one attached hydrogen (secondary N) is 2. The van der Waals surface area contributed by atoms with Crippen LogP contribution in [0.5, 0.6) is 5.75 Å². The lowest BCUT2D eigenvalue weighted by atomic mass is 9.98. The van der Waals surface area contributed by atoms with Crippen LogP contribution in [0.3, 0.4) is 0 Å². The number of alkyl carbamates (subject to hydrolysis) is 1. The van der Waals surface area contributed by atoms with Crippen LogP contribution in [0, 0.1) is 29.1 Å². The Morgan fingerprint density at radius 3 is 2.03 bits per heavy atom. The zero-order chi connectivity index (χ0) is 41.6. The van der Waals surface area contributed by atoms with E-state index in [4.69, 9.17) is 9.47 Å². The molecule has 3 amide bonds. The number of anilines is 1. The predicted molar refractivity (Wildman–Crippen MR) is 197 cm³/mol. The molecule has 0 saturated heterocycles. The van der Waals surface area contributed by atoms with Crippen LogP contribution in [-0.4, -0.2) is 74.7 Å². The van der Waals surface area contributed by atoms with Gasteiger partial charge in [0.05, 0.1) is 6.33 Å². The highest BCUT2D eigenvalue weighted by Crippen LogP contribution is 2.44. The topological polar surface area (TPSA) is 167 Å². The molecule has 0 fully saturated rings. The first kappa shape index (κ1) is 39.8. The third kappa shape index (κ3) is 8.63. The van der Waals surface area contributed by atoms with Gasteiger partial charge in [-0.25, -0.2) is 42.5 Å². The summed E-state index contributed by atoms with van der Waals surface area (Å²) >= 11 is 0.